The predicted octanol–water partition coefficient (Wildman–Crippen LogP) is 1.08. The zero-order valence-electron chi connectivity index (χ0n) is 12.5. The Morgan fingerprint density at radius 2 is 0.909 bits per heavy atom. The summed E-state index contributed by atoms with van der Waals surface area (Å²) in [7, 11) is 0. The maximum atomic E-state index is 5.69. The van der Waals surface area contributed by atoms with Crippen LogP contribution in [0.2, 0.25) is 0 Å². The van der Waals surface area contributed by atoms with Crippen molar-refractivity contribution >= 4 is 32.3 Å². The van der Waals surface area contributed by atoms with Crippen molar-refractivity contribution in [3.8, 4) is 0 Å². The monoisotopic (exact) mass is 292 g/mol. The van der Waals surface area contributed by atoms with Crippen molar-refractivity contribution in [2.45, 2.75) is 13.1 Å². The Morgan fingerprint density at radius 1 is 0.591 bits per heavy atom. The van der Waals surface area contributed by atoms with Gasteiger partial charge in [-0.2, -0.15) is 0 Å². The van der Waals surface area contributed by atoms with E-state index in [4.69, 9.17) is 11.5 Å². The molecule has 0 aliphatic carbocycles. The third kappa shape index (κ3) is 2.00. The van der Waals surface area contributed by atoms with Crippen LogP contribution in [0, 0.1) is 0 Å². The Kier molecular flexibility index (Phi) is 3.13. The third-order valence-corrected chi connectivity index (χ3v) is 4.28. The van der Waals surface area contributed by atoms with Gasteiger partial charge in [0, 0.05) is 32.3 Å². The van der Waals surface area contributed by atoms with Crippen LogP contribution >= 0.6 is 0 Å². The Morgan fingerprint density at radius 3 is 1.18 bits per heavy atom. The van der Waals surface area contributed by atoms with E-state index in [1.54, 1.807) is 0 Å². The van der Waals surface area contributed by atoms with E-state index in [0.29, 0.717) is 13.1 Å². The highest BCUT2D eigenvalue weighted by atomic mass is 14.9. The fourth-order valence-electron chi connectivity index (χ4n) is 3.38. The van der Waals surface area contributed by atoms with Gasteiger partial charge in [0.1, 0.15) is 0 Å². The summed E-state index contributed by atoms with van der Waals surface area (Å²) in [6, 6.07) is 8.79. The number of hydrogen-bond donors (Lipinski definition) is 2. The molecule has 0 aliphatic heterocycles. The van der Waals surface area contributed by atoms with Crippen molar-refractivity contribution in [1.82, 2.24) is 0 Å². The summed E-state index contributed by atoms with van der Waals surface area (Å²) in [5, 5.41) is 7.73. The fourth-order valence-corrected chi connectivity index (χ4v) is 3.38. The van der Waals surface area contributed by atoms with Crippen LogP contribution in [-0.4, -0.2) is 13.1 Å². The van der Waals surface area contributed by atoms with Crippen molar-refractivity contribution in [2.75, 3.05) is 13.1 Å². The molecule has 2 heterocycles. The van der Waals surface area contributed by atoms with E-state index in [1.807, 2.05) is 0 Å². The van der Waals surface area contributed by atoms with Crippen LogP contribution in [-0.2, 0) is 13.1 Å². The standard InChI is InChI=1S/C18H20N4/c19-5-7-21-9-13-1-2-14-10-22(8-6-20)12-16-4-3-15(11-21)17(13)18(14)16/h1-4,9-12H,5-8,19-20H2/q+2. The van der Waals surface area contributed by atoms with Crippen LogP contribution in [0.5, 0.6) is 0 Å². The van der Waals surface area contributed by atoms with Crippen LogP contribution in [0.25, 0.3) is 32.3 Å². The van der Waals surface area contributed by atoms with Crippen LogP contribution in [0.4, 0.5) is 0 Å². The first-order valence-corrected chi connectivity index (χ1v) is 7.71. The number of nitrogens with two attached hydrogens (primary N) is 2. The lowest BCUT2D eigenvalue weighted by Crippen LogP contribution is -2.37. The van der Waals surface area contributed by atoms with Gasteiger partial charge in [-0.1, -0.05) is 0 Å². The Labute approximate surface area is 128 Å². The fraction of sp³-hybridized carbons (Fsp3) is 0.222. The van der Waals surface area contributed by atoms with Crippen molar-refractivity contribution < 1.29 is 9.13 Å². The lowest BCUT2D eigenvalue weighted by molar-refractivity contribution is -0.692. The molecule has 0 saturated carbocycles. The molecular weight excluding hydrogens is 272 g/mol. The first-order valence-electron chi connectivity index (χ1n) is 7.71. The average Bonchev–Trinajstić information content (AvgIpc) is 2.53. The maximum absolute atomic E-state index is 5.69. The van der Waals surface area contributed by atoms with Crippen LogP contribution < -0.4 is 20.6 Å². The molecule has 0 atom stereocenters. The second-order valence-electron chi connectivity index (χ2n) is 5.81. The topological polar surface area (TPSA) is 59.8 Å². The van der Waals surface area contributed by atoms with Crippen LogP contribution in [0.15, 0.2) is 49.1 Å². The molecular formula is C18H20N4+2. The summed E-state index contributed by atoms with van der Waals surface area (Å²) in [4.78, 5) is 0. The van der Waals surface area contributed by atoms with Crippen molar-refractivity contribution in [3.63, 3.8) is 0 Å². The highest BCUT2D eigenvalue weighted by Crippen LogP contribution is 2.32. The number of pyridine rings is 2. The van der Waals surface area contributed by atoms with Gasteiger partial charge in [0.25, 0.3) is 0 Å². The highest BCUT2D eigenvalue weighted by molar-refractivity contribution is 6.21. The van der Waals surface area contributed by atoms with Gasteiger partial charge in [-0.25, -0.2) is 9.13 Å². The van der Waals surface area contributed by atoms with Gasteiger partial charge in [-0.15, -0.1) is 0 Å². The number of benzene rings is 2. The van der Waals surface area contributed by atoms with E-state index in [0.717, 1.165) is 13.1 Å². The summed E-state index contributed by atoms with van der Waals surface area (Å²) >= 11 is 0. The molecule has 0 fully saturated rings. The predicted molar refractivity (Wildman–Crippen MR) is 88.6 cm³/mol. The normalized spacial score (nSPS) is 11.9. The second-order valence-corrected chi connectivity index (χ2v) is 5.81. The smallest absolute Gasteiger partial charge is 0.176 e. The molecule has 0 unspecified atom stereocenters. The van der Waals surface area contributed by atoms with Gasteiger partial charge in [0.2, 0.25) is 0 Å². The number of hydrogen-bond acceptors (Lipinski definition) is 2. The molecule has 4 heteroatoms. The summed E-state index contributed by atoms with van der Waals surface area (Å²) in [5.74, 6) is 0. The number of nitrogens with zero attached hydrogens (tertiary/aromatic N) is 2. The van der Waals surface area contributed by atoms with Crippen molar-refractivity contribution in [2.24, 2.45) is 11.5 Å². The Balaban J connectivity index is 2.07. The molecule has 2 aromatic heterocycles. The first kappa shape index (κ1) is 13.4. The van der Waals surface area contributed by atoms with Gasteiger partial charge in [-0.3, -0.25) is 0 Å². The maximum Gasteiger partial charge on any atom is 0.176 e. The van der Waals surface area contributed by atoms with Crippen molar-refractivity contribution in [3.05, 3.63) is 49.1 Å². The largest absolute Gasteiger partial charge is 0.325 e. The molecule has 0 amide bonds. The van der Waals surface area contributed by atoms with E-state index in [-0.39, 0.29) is 0 Å². The minimum absolute atomic E-state index is 0.650. The molecule has 4 N–H and O–H groups in total. The van der Waals surface area contributed by atoms with Crippen LogP contribution in [0.3, 0.4) is 0 Å². The quantitative estimate of drug-likeness (QED) is 0.437. The van der Waals surface area contributed by atoms with Gasteiger partial charge in [0.05, 0.1) is 13.1 Å². The van der Waals surface area contributed by atoms with E-state index >= 15 is 0 Å². The molecule has 4 nitrogen and oxygen atoms in total. The van der Waals surface area contributed by atoms with Gasteiger partial charge < -0.3 is 11.5 Å². The molecule has 0 bridgehead atoms. The molecule has 0 saturated heterocycles. The zero-order valence-corrected chi connectivity index (χ0v) is 12.5. The van der Waals surface area contributed by atoms with Crippen molar-refractivity contribution in [1.29, 1.82) is 0 Å². The molecule has 110 valence electrons. The third-order valence-electron chi connectivity index (χ3n) is 4.28. The lowest BCUT2D eigenvalue weighted by atomic mass is 9.97. The number of aromatic nitrogens is 2. The Bertz CT molecular complexity index is 816. The molecule has 4 rings (SSSR count). The van der Waals surface area contributed by atoms with E-state index in [1.165, 1.54) is 32.3 Å². The molecule has 0 spiro atoms. The van der Waals surface area contributed by atoms with Gasteiger partial charge >= 0.3 is 0 Å². The van der Waals surface area contributed by atoms with E-state index in [9.17, 15) is 0 Å². The minimum Gasteiger partial charge on any atom is -0.325 e. The molecule has 22 heavy (non-hydrogen) atoms. The SMILES string of the molecule is NCC[n+]1cc2ccc3c[n+](CCN)cc4ccc(c1)c2c34. The molecule has 2 aromatic carbocycles. The molecule has 0 aliphatic rings. The highest BCUT2D eigenvalue weighted by Gasteiger charge is 2.15. The molecule has 4 aromatic rings. The first-order chi connectivity index (χ1) is 10.8. The summed E-state index contributed by atoms with van der Waals surface area (Å²) in [6.45, 7) is 2.98. The van der Waals surface area contributed by atoms with Gasteiger partial charge in [-0.05, 0) is 24.3 Å². The summed E-state index contributed by atoms with van der Waals surface area (Å²) in [6.07, 6.45) is 8.76. The number of rotatable bonds is 4. The average molecular weight is 292 g/mol. The zero-order chi connectivity index (χ0) is 15.1. The van der Waals surface area contributed by atoms with Gasteiger partial charge in [0.15, 0.2) is 37.9 Å². The minimum atomic E-state index is 0.650. The second kappa shape index (κ2) is 5.16. The van der Waals surface area contributed by atoms with Crippen LogP contribution in [0.1, 0.15) is 0 Å². The Hall–Kier alpha value is -2.30. The van der Waals surface area contributed by atoms with E-state index < -0.39 is 0 Å². The summed E-state index contributed by atoms with van der Waals surface area (Å²) < 4.78 is 4.35. The lowest BCUT2D eigenvalue weighted by Gasteiger charge is -2.09. The molecule has 0 radical (unpaired) electrons. The van der Waals surface area contributed by atoms with E-state index in [2.05, 4.69) is 58.2 Å². The summed E-state index contributed by atoms with van der Waals surface area (Å²) in [5.41, 5.74) is 11.4.